The molecule has 0 saturated carbocycles. The number of nitrogens with two attached hydrogens (primary N) is 1. The van der Waals surface area contributed by atoms with Gasteiger partial charge in [-0.1, -0.05) is 19.6 Å². The number of likely N-dealkylation sites (tertiary alicyclic amines) is 1. The first-order chi connectivity index (χ1) is 11.6. The van der Waals surface area contributed by atoms with Gasteiger partial charge >= 0.3 is 0 Å². The van der Waals surface area contributed by atoms with Gasteiger partial charge in [0.2, 0.25) is 0 Å². The molecule has 1 unspecified atom stereocenters. The number of thiophene rings is 1. The maximum Gasteiger partial charge on any atom is 0.266 e. The van der Waals surface area contributed by atoms with Crippen molar-refractivity contribution in [3.63, 3.8) is 0 Å². The number of H-pyrrole nitrogens is 1. The van der Waals surface area contributed by atoms with Crippen molar-refractivity contribution in [1.82, 2.24) is 9.88 Å². The number of fused-ring (bicyclic) bond motifs is 3. The van der Waals surface area contributed by atoms with E-state index < -0.39 is 0 Å². The number of aromatic amines is 1. The lowest BCUT2D eigenvalue weighted by Crippen LogP contribution is -2.26. The summed E-state index contributed by atoms with van der Waals surface area (Å²) < 4.78 is 0.688. The zero-order chi connectivity index (χ0) is 16.7. The van der Waals surface area contributed by atoms with Crippen LogP contribution in [0.5, 0.6) is 5.75 Å². The quantitative estimate of drug-likeness (QED) is 0.672. The molecule has 132 valence electrons. The van der Waals surface area contributed by atoms with Crippen LogP contribution in [-0.4, -0.2) is 40.7 Å². The van der Waals surface area contributed by atoms with Crippen LogP contribution in [0, 0.1) is 0 Å². The Hall–Kier alpha value is -2.15. The van der Waals surface area contributed by atoms with Crippen molar-refractivity contribution in [2.24, 2.45) is 5.73 Å². The normalized spacial score (nSPS) is 18.4. The number of aromatic nitrogens is 1. The van der Waals surface area contributed by atoms with E-state index in [0.717, 1.165) is 47.9 Å². The van der Waals surface area contributed by atoms with Gasteiger partial charge in [0.15, 0.2) is 0 Å². The summed E-state index contributed by atoms with van der Waals surface area (Å²) in [6, 6.07) is 5.58. The summed E-state index contributed by atoms with van der Waals surface area (Å²) in [6.45, 7) is 2.72. The summed E-state index contributed by atoms with van der Waals surface area (Å²) >= 11 is 1.42. The van der Waals surface area contributed by atoms with Crippen LogP contribution in [0.3, 0.4) is 0 Å². The maximum atomic E-state index is 12.1. The van der Waals surface area contributed by atoms with Crippen molar-refractivity contribution < 1.29 is 5.11 Å². The minimum atomic E-state index is -0.0841. The first-order valence-electron chi connectivity index (χ1n) is 8.03. The summed E-state index contributed by atoms with van der Waals surface area (Å²) in [6.07, 6.45) is 5.02. The predicted octanol–water partition coefficient (Wildman–Crippen LogP) is 3.13. The Labute approximate surface area is 150 Å². The number of benzene rings is 1. The lowest BCUT2D eigenvalue weighted by molar-refractivity contribution is 0.372. The third kappa shape index (κ3) is 3.20. The number of hydrogen-bond acceptors (Lipinski definition) is 5. The summed E-state index contributed by atoms with van der Waals surface area (Å²) in [7, 11) is 0. The van der Waals surface area contributed by atoms with Gasteiger partial charge in [0.05, 0.1) is 0 Å². The Morgan fingerprint density at radius 3 is 3.00 bits per heavy atom. The highest BCUT2D eigenvalue weighted by Gasteiger charge is 2.17. The topological polar surface area (TPSA) is 82.3 Å². The number of aromatic hydroxyl groups is 1. The van der Waals surface area contributed by atoms with E-state index in [-0.39, 0.29) is 24.8 Å². The number of pyridine rings is 1. The van der Waals surface area contributed by atoms with Gasteiger partial charge in [-0.15, -0.1) is 11.3 Å². The fourth-order valence-corrected chi connectivity index (χ4v) is 4.18. The van der Waals surface area contributed by atoms with Gasteiger partial charge < -0.3 is 15.8 Å². The molecule has 6 heteroatoms. The summed E-state index contributed by atoms with van der Waals surface area (Å²) in [5.41, 5.74) is 7.34. The second-order valence-electron chi connectivity index (χ2n) is 6.25. The second kappa shape index (κ2) is 7.00. The van der Waals surface area contributed by atoms with E-state index in [2.05, 4.69) is 16.0 Å². The molecule has 1 aliphatic rings. The minimum Gasteiger partial charge on any atom is -0.507 e. The third-order valence-corrected chi connectivity index (χ3v) is 5.48. The molecular formula is C19H23N3O2S. The smallest absolute Gasteiger partial charge is 0.266 e. The molecule has 2 aromatic heterocycles. The molecule has 4 rings (SSSR count). The number of phenolic OH excluding ortho intramolecular Hbond substituents is 1. The molecule has 0 spiro atoms. The van der Waals surface area contributed by atoms with E-state index >= 15 is 0 Å². The van der Waals surface area contributed by atoms with Crippen molar-refractivity contribution >= 4 is 38.4 Å². The molecular weight excluding hydrogens is 334 g/mol. The van der Waals surface area contributed by atoms with E-state index in [1.54, 1.807) is 12.1 Å². The van der Waals surface area contributed by atoms with Crippen molar-refractivity contribution in [2.75, 3.05) is 19.6 Å². The lowest BCUT2D eigenvalue weighted by Gasteiger charge is -2.12. The van der Waals surface area contributed by atoms with Crippen molar-refractivity contribution in [3.05, 3.63) is 45.6 Å². The third-order valence-electron chi connectivity index (χ3n) is 4.57. The fourth-order valence-electron chi connectivity index (χ4n) is 3.38. The molecule has 1 fully saturated rings. The standard InChI is InChI=1S/C18H19N3O2S.CH4/c19-11-5-8-21(10-11)7-1-2-12-15(22)4-3-14-16(12)13-6-9-24-17(13)18(23)20-14;/h1-4,6,9,11,22H,5,7-8,10,19H2,(H,20,23);1H4/b2-1+;. The number of nitrogens with zero attached hydrogens (tertiary/aromatic N) is 1. The zero-order valence-corrected chi connectivity index (χ0v) is 14.0. The molecule has 3 heterocycles. The van der Waals surface area contributed by atoms with Gasteiger partial charge in [-0.2, -0.15) is 0 Å². The zero-order valence-electron chi connectivity index (χ0n) is 13.2. The molecule has 0 radical (unpaired) electrons. The number of nitrogens with one attached hydrogen (secondary N) is 1. The monoisotopic (exact) mass is 357 g/mol. The molecule has 25 heavy (non-hydrogen) atoms. The van der Waals surface area contributed by atoms with Crippen LogP contribution in [0.15, 0.2) is 34.4 Å². The van der Waals surface area contributed by atoms with Gasteiger partial charge in [0.25, 0.3) is 5.56 Å². The fraction of sp³-hybridized carbons (Fsp3) is 0.316. The van der Waals surface area contributed by atoms with Gasteiger partial charge in [0.1, 0.15) is 10.4 Å². The Morgan fingerprint density at radius 2 is 2.24 bits per heavy atom. The predicted molar refractivity (Wildman–Crippen MR) is 106 cm³/mol. The van der Waals surface area contributed by atoms with Gasteiger partial charge in [-0.3, -0.25) is 9.69 Å². The number of hydrogen-bond donors (Lipinski definition) is 3. The average Bonchev–Trinajstić information content (AvgIpc) is 3.19. The summed E-state index contributed by atoms with van der Waals surface area (Å²) in [5, 5.41) is 14.0. The van der Waals surface area contributed by atoms with E-state index in [0.29, 0.717) is 4.70 Å². The minimum absolute atomic E-state index is 0. The van der Waals surface area contributed by atoms with E-state index in [1.807, 2.05) is 17.5 Å². The van der Waals surface area contributed by atoms with Gasteiger partial charge in [-0.05, 0) is 30.0 Å². The molecule has 5 nitrogen and oxygen atoms in total. The van der Waals surface area contributed by atoms with Gasteiger partial charge in [-0.25, -0.2) is 0 Å². The van der Waals surface area contributed by atoms with Crippen molar-refractivity contribution in [2.45, 2.75) is 19.9 Å². The highest BCUT2D eigenvalue weighted by atomic mass is 32.1. The highest BCUT2D eigenvalue weighted by Crippen LogP contribution is 2.33. The first kappa shape index (κ1) is 17.7. The molecule has 1 aromatic carbocycles. The van der Waals surface area contributed by atoms with Gasteiger partial charge in [0, 0.05) is 47.5 Å². The number of rotatable bonds is 3. The molecule has 1 saturated heterocycles. The van der Waals surface area contributed by atoms with E-state index in [1.165, 1.54) is 11.3 Å². The Balaban J connectivity index is 0.00000182. The SMILES string of the molecule is C.NC1CCN(C/C=C/c2c(O)ccc3[nH]c(=O)c4sccc4c23)C1. The molecule has 0 amide bonds. The largest absolute Gasteiger partial charge is 0.507 e. The van der Waals surface area contributed by atoms with Crippen LogP contribution in [-0.2, 0) is 0 Å². The molecule has 3 aromatic rings. The van der Waals surface area contributed by atoms with Crippen LogP contribution >= 0.6 is 11.3 Å². The Kier molecular flexibility index (Phi) is 4.94. The average molecular weight is 357 g/mol. The Morgan fingerprint density at radius 1 is 1.40 bits per heavy atom. The van der Waals surface area contributed by atoms with Crippen LogP contribution in [0.25, 0.3) is 27.1 Å². The van der Waals surface area contributed by atoms with Crippen molar-refractivity contribution in [1.29, 1.82) is 0 Å². The first-order valence-corrected chi connectivity index (χ1v) is 8.91. The maximum absolute atomic E-state index is 12.1. The second-order valence-corrected chi connectivity index (χ2v) is 7.17. The van der Waals surface area contributed by atoms with Crippen molar-refractivity contribution in [3.8, 4) is 5.75 Å². The van der Waals surface area contributed by atoms with Crippen LogP contribution < -0.4 is 11.3 Å². The molecule has 0 bridgehead atoms. The molecule has 4 N–H and O–H groups in total. The van der Waals surface area contributed by atoms with Crippen LogP contribution in [0.4, 0.5) is 0 Å². The highest BCUT2D eigenvalue weighted by molar-refractivity contribution is 7.17. The number of phenols is 1. The van der Waals surface area contributed by atoms with E-state index in [4.69, 9.17) is 5.73 Å². The molecule has 0 aliphatic carbocycles. The molecule has 1 atom stereocenters. The van der Waals surface area contributed by atoms with E-state index in [9.17, 15) is 9.90 Å². The van der Waals surface area contributed by atoms with Crippen LogP contribution in [0.1, 0.15) is 19.4 Å². The molecule has 1 aliphatic heterocycles. The summed E-state index contributed by atoms with van der Waals surface area (Å²) in [4.78, 5) is 17.3. The Bertz CT molecular complexity index is 989. The van der Waals surface area contributed by atoms with Crippen LogP contribution in [0.2, 0.25) is 0 Å². The lowest BCUT2D eigenvalue weighted by atomic mass is 10.0. The summed E-state index contributed by atoms with van der Waals surface area (Å²) in [5.74, 6) is 0.219.